The van der Waals surface area contributed by atoms with Crippen LogP contribution in [0.5, 0.6) is 0 Å². The van der Waals surface area contributed by atoms with E-state index in [1.165, 1.54) is 0 Å². The molecule has 0 heterocycles. The predicted molar refractivity (Wildman–Crippen MR) is 76.7 cm³/mol. The van der Waals surface area contributed by atoms with Crippen molar-refractivity contribution in [3.63, 3.8) is 0 Å². The van der Waals surface area contributed by atoms with E-state index in [0.717, 1.165) is 0 Å². The van der Waals surface area contributed by atoms with Crippen LogP contribution < -0.4 is 0 Å². The summed E-state index contributed by atoms with van der Waals surface area (Å²) in [5, 5.41) is 9.62. The monoisotopic (exact) mass is 292 g/mol. The molecule has 5 nitrogen and oxygen atoms in total. The third kappa shape index (κ3) is 3.98. The fourth-order valence-corrected chi connectivity index (χ4v) is 2.00. The minimum absolute atomic E-state index is 0.215. The average Bonchev–Trinajstić information content (AvgIpc) is 2.53. The molecule has 0 aliphatic carbocycles. The van der Waals surface area contributed by atoms with Gasteiger partial charge < -0.3 is 9.84 Å². The molecule has 0 saturated heterocycles. The Balaban J connectivity index is 3.00. The number of aliphatic hydroxyl groups is 1. The number of carbonyl (C=O) groups excluding carboxylic acids is 3. The van der Waals surface area contributed by atoms with Gasteiger partial charge in [0.25, 0.3) is 0 Å². The molecule has 5 heteroatoms. The molecule has 0 amide bonds. The highest BCUT2D eigenvalue weighted by Crippen LogP contribution is 2.29. The van der Waals surface area contributed by atoms with Crippen LogP contribution in [0.1, 0.15) is 38.2 Å². The van der Waals surface area contributed by atoms with Gasteiger partial charge in [-0.3, -0.25) is 9.59 Å². The standard InChI is InChI=1S/C16H20O5/c1-3-7-14(19)15(20)21-16(10-17,11-18)12(2)13-8-5-4-6-9-13/h4-6,8-12,14,19H,3,7H2,1-2H3. The minimum atomic E-state index is -1.92. The van der Waals surface area contributed by atoms with Gasteiger partial charge >= 0.3 is 5.97 Å². The van der Waals surface area contributed by atoms with E-state index in [1.807, 2.05) is 0 Å². The maximum Gasteiger partial charge on any atom is 0.336 e. The minimum Gasteiger partial charge on any atom is -0.441 e. The van der Waals surface area contributed by atoms with Gasteiger partial charge in [0, 0.05) is 5.92 Å². The Bertz CT molecular complexity index is 475. The van der Waals surface area contributed by atoms with Crippen LogP contribution >= 0.6 is 0 Å². The second-order valence-electron chi connectivity index (χ2n) is 4.95. The number of ether oxygens (including phenoxy) is 1. The van der Waals surface area contributed by atoms with Crippen LogP contribution in [0.15, 0.2) is 30.3 Å². The lowest BCUT2D eigenvalue weighted by atomic mass is 9.85. The molecule has 2 unspecified atom stereocenters. The molecule has 114 valence electrons. The Labute approximate surface area is 123 Å². The highest BCUT2D eigenvalue weighted by Gasteiger charge is 2.42. The van der Waals surface area contributed by atoms with Gasteiger partial charge in [-0.2, -0.15) is 0 Å². The van der Waals surface area contributed by atoms with Crippen molar-refractivity contribution in [1.82, 2.24) is 0 Å². The molecule has 0 radical (unpaired) electrons. The smallest absolute Gasteiger partial charge is 0.336 e. The Morgan fingerprint density at radius 2 is 1.86 bits per heavy atom. The molecule has 0 aliphatic rings. The van der Waals surface area contributed by atoms with E-state index >= 15 is 0 Å². The maximum atomic E-state index is 11.8. The normalized spacial score (nSPS) is 14.0. The molecular weight excluding hydrogens is 272 g/mol. The van der Waals surface area contributed by atoms with Gasteiger partial charge in [-0.1, -0.05) is 50.6 Å². The number of esters is 1. The van der Waals surface area contributed by atoms with Crippen molar-refractivity contribution in [3.05, 3.63) is 35.9 Å². The van der Waals surface area contributed by atoms with E-state index in [4.69, 9.17) is 4.74 Å². The summed E-state index contributed by atoms with van der Waals surface area (Å²) in [6.07, 6.45) is 0.0892. The SMILES string of the molecule is CCCC(O)C(=O)OC(C=O)(C=O)C(C)c1ccccc1. The van der Waals surface area contributed by atoms with Crippen LogP contribution in [0, 0.1) is 0 Å². The summed E-state index contributed by atoms with van der Waals surface area (Å²) in [5.41, 5.74) is -1.23. The quantitative estimate of drug-likeness (QED) is 0.447. The van der Waals surface area contributed by atoms with Gasteiger partial charge in [-0.25, -0.2) is 4.79 Å². The third-order valence-electron chi connectivity index (χ3n) is 3.46. The lowest BCUT2D eigenvalue weighted by Crippen LogP contribution is -2.46. The fraction of sp³-hybridized carbons (Fsp3) is 0.438. The van der Waals surface area contributed by atoms with Crippen molar-refractivity contribution in [2.45, 2.75) is 44.3 Å². The van der Waals surface area contributed by atoms with E-state index in [1.54, 1.807) is 44.2 Å². The zero-order chi connectivity index (χ0) is 15.9. The number of hydrogen-bond donors (Lipinski definition) is 1. The molecule has 21 heavy (non-hydrogen) atoms. The summed E-state index contributed by atoms with van der Waals surface area (Å²) < 4.78 is 5.04. The summed E-state index contributed by atoms with van der Waals surface area (Å²) in [6, 6.07) is 8.81. The first kappa shape index (κ1) is 17.0. The molecule has 0 bridgehead atoms. The van der Waals surface area contributed by atoms with E-state index < -0.39 is 23.6 Å². The largest absolute Gasteiger partial charge is 0.441 e. The van der Waals surface area contributed by atoms with Crippen molar-refractivity contribution in [2.75, 3.05) is 0 Å². The fourth-order valence-electron chi connectivity index (χ4n) is 2.00. The Kier molecular flexibility index (Phi) is 6.24. The molecule has 1 rings (SSSR count). The molecule has 1 N–H and O–H groups in total. The molecule has 0 aromatic heterocycles. The van der Waals surface area contributed by atoms with Crippen LogP contribution in [-0.2, 0) is 19.1 Å². The van der Waals surface area contributed by atoms with E-state index in [9.17, 15) is 19.5 Å². The van der Waals surface area contributed by atoms with Crippen LogP contribution in [-0.4, -0.2) is 35.4 Å². The number of aldehydes is 2. The highest BCUT2D eigenvalue weighted by molar-refractivity contribution is 5.93. The predicted octanol–water partition coefficient (Wildman–Crippen LogP) is 1.63. The van der Waals surface area contributed by atoms with Gasteiger partial charge in [-0.05, 0) is 12.0 Å². The molecule has 1 aromatic carbocycles. The van der Waals surface area contributed by atoms with Crippen molar-refractivity contribution < 1.29 is 24.2 Å². The Morgan fingerprint density at radius 3 is 2.33 bits per heavy atom. The van der Waals surface area contributed by atoms with Crippen molar-refractivity contribution >= 4 is 18.5 Å². The molecule has 0 fully saturated rings. The lowest BCUT2D eigenvalue weighted by Gasteiger charge is -2.29. The van der Waals surface area contributed by atoms with E-state index in [2.05, 4.69) is 0 Å². The third-order valence-corrected chi connectivity index (χ3v) is 3.46. The molecular formula is C16H20O5. The summed E-state index contributed by atoms with van der Waals surface area (Å²) in [6.45, 7) is 3.42. The van der Waals surface area contributed by atoms with Crippen LogP contribution in [0.2, 0.25) is 0 Å². The average molecular weight is 292 g/mol. The van der Waals surface area contributed by atoms with Gasteiger partial charge in [0.2, 0.25) is 5.60 Å². The number of rotatable bonds is 8. The lowest BCUT2D eigenvalue weighted by molar-refractivity contribution is -0.174. The molecule has 2 atom stereocenters. The highest BCUT2D eigenvalue weighted by atomic mass is 16.6. The molecule has 1 aromatic rings. The summed E-state index contributed by atoms with van der Waals surface area (Å²) >= 11 is 0. The number of hydrogen-bond acceptors (Lipinski definition) is 5. The Hall–Kier alpha value is -2.01. The van der Waals surface area contributed by atoms with Crippen LogP contribution in [0.4, 0.5) is 0 Å². The number of carbonyl (C=O) groups is 3. The Morgan fingerprint density at radius 1 is 1.29 bits per heavy atom. The summed E-state index contributed by atoms with van der Waals surface area (Å²) in [5.74, 6) is -1.61. The van der Waals surface area contributed by atoms with Gasteiger partial charge in [0.05, 0.1) is 0 Å². The van der Waals surface area contributed by atoms with E-state index in [-0.39, 0.29) is 6.42 Å². The molecule has 0 saturated carbocycles. The van der Waals surface area contributed by atoms with Crippen LogP contribution in [0.3, 0.4) is 0 Å². The van der Waals surface area contributed by atoms with E-state index in [0.29, 0.717) is 24.6 Å². The molecule has 0 spiro atoms. The zero-order valence-corrected chi connectivity index (χ0v) is 12.2. The second-order valence-corrected chi connectivity index (χ2v) is 4.95. The topological polar surface area (TPSA) is 80.7 Å². The number of aliphatic hydroxyl groups excluding tert-OH is 1. The van der Waals surface area contributed by atoms with Gasteiger partial charge in [0.15, 0.2) is 18.7 Å². The number of benzene rings is 1. The first-order chi connectivity index (χ1) is 10.0. The van der Waals surface area contributed by atoms with Crippen molar-refractivity contribution in [1.29, 1.82) is 0 Å². The summed E-state index contributed by atoms with van der Waals surface area (Å²) in [4.78, 5) is 34.6. The first-order valence-electron chi connectivity index (χ1n) is 6.89. The second kappa shape index (κ2) is 7.69. The van der Waals surface area contributed by atoms with Gasteiger partial charge in [0.1, 0.15) is 0 Å². The summed E-state index contributed by atoms with van der Waals surface area (Å²) in [7, 11) is 0. The zero-order valence-electron chi connectivity index (χ0n) is 12.2. The van der Waals surface area contributed by atoms with Crippen molar-refractivity contribution in [2.24, 2.45) is 0 Å². The molecule has 0 aliphatic heterocycles. The maximum absolute atomic E-state index is 11.8. The van der Waals surface area contributed by atoms with Crippen LogP contribution in [0.25, 0.3) is 0 Å². The first-order valence-corrected chi connectivity index (χ1v) is 6.89. The van der Waals surface area contributed by atoms with Gasteiger partial charge in [-0.15, -0.1) is 0 Å². The van der Waals surface area contributed by atoms with Crippen molar-refractivity contribution in [3.8, 4) is 0 Å².